The van der Waals surface area contributed by atoms with Gasteiger partial charge in [-0.1, -0.05) is 18.2 Å². The highest BCUT2D eigenvalue weighted by Gasteiger charge is 2.10. The van der Waals surface area contributed by atoms with Gasteiger partial charge in [-0.2, -0.15) is 0 Å². The average molecular weight is 401 g/mol. The number of hydrogen-bond donors (Lipinski definition) is 1. The molecule has 152 valence electrons. The van der Waals surface area contributed by atoms with Crippen molar-refractivity contribution in [3.8, 4) is 5.75 Å². The van der Waals surface area contributed by atoms with Gasteiger partial charge in [0, 0.05) is 37.4 Å². The lowest BCUT2D eigenvalue weighted by molar-refractivity contribution is -0.121. The predicted octanol–water partition coefficient (Wildman–Crippen LogP) is 3.39. The van der Waals surface area contributed by atoms with Gasteiger partial charge in [0.25, 0.3) is 0 Å². The summed E-state index contributed by atoms with van der Waals surface area (Å²) < 4.78 is 37.1. The summed E-state index contributed by atoms with van der Waals surface area (Å²) in [5.41, 5.74) is 1.34. The second-order valence-electron chi connectivity index (χ2n) is 6.45. The third-order valence-corrected chi connectivity index (χ3v) is 4.35. The van der Waals surface area contributed by atoms with Crippen LogP contribution in [-0.4, -0.2) is 23.2 Å². The fourth-order valence-corrected chi connectivity index (χ4v) is 2.70. The Morgan fingerprint density at radius 3 is 2.45 bits per heavy atom. The van der Waals surface area contributed by atoms with Crippen LogP contribution < -0.4 is 10.1 Å². The van der Waals surface area contributed by atoms with Gasteiger partial charge in [-0.3, -0.25) is 4.79 Å². The van der Waals surface area contributed by atoms with Crippen molar-refractivity contribution in [1.29, 1.82) is 0 Å². The molecule has 0 radical (unpaired) electrons. The number of ether oxygens (including phenoxy) is 1. The molecule has 3 aromatic rings. The molecule has 0 aliphatic carbocycles. The molecule has 0 spiro atoms. The largest absolute Gasteiger partial charge is 0.497 e. The van der Waals surface area contributed by atoms with E-state index in [1.807, 2.05) is 24.3 Å². The van der Waals surface area contributed by atoms with Gasteiger partial charge in [-0.05, 0) is 30.2 Å². The number of methoxy groups -OCH3 is 1. The summed E-state index contributed by atoms with van der Waals surface area (Å²) in [6, 6.07) is 11.0. The van der Waals surface area contributed by atoms with Crippen LogP contribution in [0, 0.1) is 11.6 Å². The Balaban J connectivity index is 1.41. The van der Waals surface area contributed by atoms with Crippen molar-refractivity contribution in [3.05, 3.63) is 77.0 Å². The maximum atomic E-state index is 13.6. The Morgan fingerprint density at radius 1 is 1.03 bits per heavy atom. The minimum atomic E-state index is -0.691. The Hall–Kier alpha value is -3.29. The molecule has 1 heterocycles. The number of halogens is 2. The van der Waals surface area contributed by atoms with Crippen molar-refractivity contribution in [2.75, 3.05) is 7.11 Å². The summed E-state index contributed by atoms with van der Waals surface area (Å²) in [5, 5.41) is 10.5. The number of hydrogen-bond acceptors (Lipinski definition) is 5. The summed E-state index contributed by atoms with van der Waals surface area (Å²) in [6.45, 7) is -0.0120. The number of carbonyl (C=O) groups excluding carboxylic acids is 1. The molecule has 0 saturated carbocycles. The van der Waals surface area contributed by atoms with Crippen LogP contribution in [0.2, 0.25) is 0 Å². The zero-order valence-electron chi connectivity index (χ0n) is 16.0. The lowest BCUT2D eigenvalue weighted by atomic mass is 10.1. The number of nitrogens with zero attached hydrogens (tertiary/aromatic N) is 2. The molecule has 0 atom stereocenters. The first-order valence-corrected chi connectivity index (χ1v) is 9.18. The molecule has 8 heteroatoms. The van der Waals surface area contributed by atoms with Gasteiger partial charge < -0.3 is 14.5 Å². The minimum absolute atomic E-state index is 0.0120. The highest BCUT2D eigenvalue weighted by atomic mass is 19.1. The van der Waals surface area contributed by atoms with Crippen molar-refractivity contribution in [2.24, 2.45) is 0 Å². The topological polar surface area (TPSA) is 77.2 Å². The maximum Gasteiger partial charge on any atom is 0.220 e. The van der Waals surface area contributed by atoms with Gasteiger partial charge in [-0.25, -0.2) is 8.78 Å². The van der Waals surface area contributed by atoms with Crippen LogP contribution in [-0.2, 0) is 30.6 Å². The molecule has 2 aromatic carbocycles. The SMILES string of the molecule is COc1ccc(CCc2nnc(CCC(=O)NCc3ccc(F)cc3F)o2)cc1. The fourth-order valence-electron chi connectivity index (χ4n) is 2.70. The fraction of sp³-hybridized carbons (Fsp3) is 0.286. The van der Waals surface area contributed by atoms with Crippen LogP contribution in [0.15, 0.2) is 46.9 Å². The second kappa shape index (κ2) is 9.77. The lowest BCUT2D eigenvalue weighted by Crippen LogP contribution is -2.23. The van der Waals surface area contributed by atoms with Crippen LogP contribution in [0.3, 0.4) is 0 Å². The molecule has 0 bridgehead atoms. The molecule has 0 unspecified atom stereocenters. The van der Waals surface area contributed by atoms with Gasteiger partial charge in [0.1, 0.15) is 17.4 Å². The number of rotatable bonds is 9. The molecule has 1 aromatic heterocycles. The van der Waals surface area contributed by atoms with Crippen LogP contribution >= 0.6 is 0 Å². The van der Waals surface area contributed by atoms with Crippen molar-refractivity contribution >= 4 is 5.91 Å². The number of nitrogens with one attached hydrogen (secondary N) is 1. The second-order valence-corrected chi connectivity index (χ2v) is 6.45. The molecule has 0 aliphatic heterocycles. The van der Waals surface area contributed by atoms with E-state index in [1.165, 1.54) is 6.07 Å². The van der Waals surface area contributed by atoms with Gasteiger partial charge in [0.05, 0.1) is 7.11 Å². The Bertz CT molecular complexity index is 958. The molecule has 0 saturated heterocycles. The monoisotopic (exact) mass is 401 g/mol. The zero-order valence-corrected chi connectivity index (χ0v) is 16.0. The minimum Gasteiger partial charge on any atom is -0.497 e. The molecular formula is C21H21F2N3O3. The van der Waals surface area contributed by atoms with E-state index in [0.29, 0.717) is 18.2 Å². The number of benzene rings is 2. The standard InChI is InChI=1S/C21H21F2N3O3/c1-28-17-7-2-14(3-8-17)4-10-20-25-26-21(29-20)11-9-19(27)24-13-15-5-6-16(22)12-18(15)23/h2-3,5-8,12H,4,9-11,13H2,1H3,(H,24,27). The van der Waals surface area contributed by atoms with E-state index in [-0.39, 0.29) is 30.9 Å². The van der Waals surface area contributed by atoms with Crippen molar-refractivity contribution in [1.82, 2.24) is 15.5 Å². The number of aromatic nitrogens is 2. The van der Waals surface area contributed by atoms with Gasteiger partial charge >= 0.3 is 0 Å². The summed E-state index contributed by atoms with van der Waals surface area (Å²) in [7, 11) is 1.62. The first kappa shape index (κ1) is 20.4. The zero-order chi connectivity index (χ0) is 20.6. The molecule has 6 nitrogen and oxygen atoms in total. The van der Waals surface area contributed by atoms with Gasteiger partial charge in [0.15, 0.2) is 0 Å². The Morgan fingerprint density at radius 2 is 1.76 bits per heavy atom. The van der Waals surface area contributed by atoms with Crippen LogP contribution in [0.4, 0.5) is 8.78 Å². The van der Waals surface area contributed by atoms with Gasteiger partial charge in [0.2, 0.25) is 17.7 Å². The van der Waals surface area contributed by atoms with E-state index in [4.69, 9.17) is 9.15 Å². The normalized spacial score (nSPS) is 10.7. The smallest absolute Gasteiger partial charge is 0.220 e. The van der Waals surface area contributed by atoms with Crippen molar-refractivity contribution in [3.63, 3.8) is 0 Å². The van der Waals surface area contributed by atoms with E-state index in [9.17, 15) is 13.6 Å². The average Bonchev–Trinajstić information content (AvgIpc) is 3.18. The maximum absolute atomic E-state index is 13.6. The molecule has 3 rings (SSSR count). The molecule has 1 amide bonds. The van der Waals surface area contributed by atoms with Crippen LogP contribution in [0.5, 0.6) is 5.75 Å². The van der Waals surface area contributed by atoms with Crippen molar-refractivity contribution in [2.45, 2.75) is 32.2 Å². The van der Waals surface area contributed by atoms with E-state index in [2.05, 4.69) is 15.5 Å². The first-order valence-electron chi connectivity index (χ1n) is 9.18. The highest BCUT2D eigenvalue weighted by molar-refractivity contribution is 5.76. The molecule has 29 heavy (non-hydrogen) atoms. The summed E-state index contributed by atoms with van der Waals surface area (Å²) in [5.74, 6) is 0.0453. The summed E-state index contributed by atoms with van der Waals surface area (Å²) in [6.07, 6.45) is 1.75. The van der Waals surface area contributed by atoms with E-state index in [0.717, 1.165) is 29.9 Å². The number of carbonyl (C=O) groups is 1. The third kappa shape index (κ3) is 6.10. The van der Waals surface area contributed by atoms with Crippen LogP contribution in [0.25, 0.3) is 0 Å². The van der Waals surface area contributed by atoms with E-state index < -0.39 is 11.6 Å². The summed E-state index contributed by atoms with van der Waals surface area (Å²) in [4.78, 5) is 11.9. The highest BCUT2D eigenvalue weighted by Crippen LogP contribution is 2.14. The van der Waals surface area contributed by atoms with E-state index >= 15 is 0 Å². The van der Waals surface area contributed by atoms with Crippen LogP contribution in [0.1, 0.15) is 29.3 Å². The lowest BCUT2D eigenvalue weighted by Gasteiger charge is -2.05. The number of amides is 1. The molecule has 1 N–H and O–H groups in total. The first-order chi connectivity index (χ1) is 14.0. The summed E-state index contributed by atoms with van der Waals surface area (Å²) >= 11 is 0. The van der Waals surface area contributed by atoms with Crippen molar-refractivity contribution < 1.29 is 22.7 Å². The Labute approximate surface area is 166 Å². The molecule has 0 fully saturated rings. The molecular weight excluding hydrogens is 380 g/mol. The Kier molecular flexibility index (Phi) is 6.89. The predicted molar refractivity (Wildman–Crippen MR) is 101 cm³/mol. The number of aryl methyl sites for hydroxylation is 3. The van der Waals surface area contributed by atoms with E-state index in [1.54, 1.807) is 7.11 Å². The molecule has 0 aliphatic rings. The third-order valence-electron chi connectivity index (χ3n) is 4.35. The van der Waals surface area contributed by atoms with Gasteiger partial charge in [-0.15, -0.1) is 10.2 Å². The quantitative estimate of drug-likeness (QED) is 0.595.